The number of methoxy groups -OCH3 is 1. The SMILES string of the molecule is COc1ccc2ncc(F)c(C[C@H](O)C3OCC(NCc4cnc5c(n4)NC(=O)CS5)CO3)c2c1. The number of hydrogen-bond acceptors (Lipinski definition) is 10. The van der Waals surface area contributed by atoms with Crippen LogP contribution in [-0.2, 0) is 27.2 Å². The normalized spacial score (nSPS) is 20.8. The summed E-state index contributed by atoms with van der Waals surface area (Å²) in [6.45, 7) is 0.988. The van der Waals surface area contributed by atoms with Crippen molar-refractivity contribution in [3.63, 3.8) is 0 Å². The van der Waals surface area contributed by atoms with Crippen molar-refractivity contribution in [3.05, 3.63) is 47.7 Å². The van der Waals surface area contributed by atoms with Crippen LogP contribution in [0.4, 0.5) is 10.2 Å². The van der Waals surface area contributed by atoms with Crippen LogP contribution in [0, 0.1) is 5.82 Å². The third-order valence-electron chi connectivity index (χ3n) is 5.74. The zero-order chi connectivity index (χ0) is 24.4. The lowest BCUT2D eigenvalue weighted by molar-refractivity contribution is -0.230. The number of carbonyl (C=O) groups is 1. The summed E-state index contributed by atoms with van der Waals surface area (Å²) in [5.74, 6) is 0.768. The molecule has 2 aliphatic rings. The second-order valence-corrected chi connectivity index (χ2v) is 9.17. The van der Waals surface area contributed by atoms with Crippen LogP contribution in [0.25, 0.3) is 10.9 Å². The summed E-state index contributed by atoms with van der Waals surface area (Å²) in [5.41, 5.74) is 1.60. The highest BCUT2D eigenvalue weighted by molar-refractivity contribution is 8.00. The van der Waals surface area contributed by atoms with E-state index >= 15 is 0 Å². The fourth-order valence-electron chi connectivity index (χ4n) is 3.94. The molecule has 0 aliphatic carbocycles. The molecule has 1 amide bonds. The van der Waals surface area contributed by atoms with Crippen molar-refractivity contribution in [2.45, 2.75) is 36.4 Å². The van der Waals surface area contributed by atoms with Gasteiger partial charge in [-0.3, -0.25) is 9.78 Å². The highest BCUT2D eigenvalue weighted by atomic mass is 32.2. The molecule has 1 saturated heterocycles. The van der Waals surface area contributed by atoms with E-state index in [9.17, 15) is 14.3 Å². The molecule has 10 nitrogen and oxygen atoms in total. The molecule has 0 radical (unpaired) electrons. The summed E-state index contributed by atoms with van der Waals surface area (Å²) in [5, 5.41) is 18.0. The van der Waals surface area contributed by atoms with Gasteiger partial charge in [-0.1, -0.05) is 11.8 Å². The Morgan fingerprint density at radius 2 is 2.14 bits per heavy atom. The van der Waals surface area contributed by atoms with Crippen LogP contribution in [0.2, 0.25) is 0 Å². The number of aliphatic hydroxyl groups is 1. The number of fused-ring (bicyclic) bond motifs is 2. The first-order chi connectivity index (χ1) is 17.0. The van der Waals surface area contributed by atoms with Gasteiger partial charge in [0.25, 0.3) is 0 Å². The van der Waals surface area contributed by atoms with Gasteiger partial charge in [0, 0.05) is 23.9 Å². The maximum Gasteiger partial charge on any atom is 0.236 e. The van der Waals surface area contributed by atoms with Gasteiger partial charge in [-0.15, -0.1) is 0 Å². The van der Waals surface area contributed by atoms with E-state index in [1.807, 2.05) is 0 Å². The molecule has 1 atom stereocenters. The minimum absolute atomic E-state index is 0.00473. The number of benzene rings is 1. The third kappa shape index (κ3) is 5.36. The molecule has 0 unspecified atom stereocenters. The predicted molar refractivity (Wildman–Crippen MR) is 126 cm³/mol. The average Bonchev–Trinajstić information content (AvgIpc) is 2.88. The van der Waals surface area contributed by atoms with E-state index in [0.717, 1.165) is 6.20 Å². The Hall–Kier alpha value is -2.90. The minimum Gasteiger partial charge on any atom is -0.497 e. The highest BCUT2D eigenvalue weighted by Crippen LogP contribution is 2.28. The van der Waals surface area contributed by atoms with Crippen molar-refractivity contribution in [2.75, 3.05) is 31.4 Å². The molecular weight excluding hydrogens is 477 g/mol. The summed E-state index contributed by atoms with van der Waals surface area (Å²) >= 11 is 1.36. The molecule has 3 aromatic rings. The fourth-order valence-corrected chi connectivity index (χ4v) is 4.64. The smallest absolute Gasteiger partial charge is 0.236 e. The van der Waals surface area contributed by atoms with Crippen molar-refractivity contribution < 1.29 is 28.5 Å². The number of nitrogens with zero attached hydrogens (tertiary/aromatic N) is 3. The van der Waals surface area contributed by atoms with Crippen molar-refractivity contribution in [3.8, 4) is 5.75 Å². The Labute approximate surface area is 204 Å². The summed E-state index contributed by atoms with van der Waals surface area (Å²) in [7, 11) is 1.53. The predicted octanol–water partition coefficient (Wildman–Crippen LogP) is 1.65. The molecule has 2 aromatic heterocycles. The molecule has 0 bridgehead atoms. The van der Waals surface area contributed by atoms with Crippen LogP contribution in [0.3, 0.4) is 0 Å². The number of rotatable bonds is 7. The van der Waals surface area contributed by atoms with Crippen molar-refractivity contribution >= 4 is 34.4 Å². The molecule has 5 rings (SSSR count). The first kappa shape index (κ1) is 23.8. The molecule has 2 aliphatic heterocycles. The van der Waals surface area contributed by atoms with E-state index in [1.54, 1.807) is 24.4 Å². The number of aromatic nitrogens is 3. The van der Waals surface area contributed by atoms with E-state index in [4.69, 9.17) is 14.2 Å². The van der Waals surface area contributed by atoms with E-state index in [1.165, 1.54) is 18.9 Å². The zero-order valence-electron chi connectivity index (χ0n) is 18.9. The molecule has 1 fully saturated rings. The Balaban J connectivity index is 1.16. The maximum atomic E-state index is 14.6. The average molecular weight is 502 g/mol. The Bertz CT molecular complexity index is 1240. The van der Waals surface area contributed by atoms with Crippen molar-refractivity contribution in [1.82, 2.24) is 20.3 Å². The van der Waals surface area contributed by atoms with Gasteiger partial charge in [0.05, 0.1) is 55.7 Å². The first-order valence-corrected chi connectivity index (χ1v) is 12.0. The summed E-state index contributed by atoms with van der Waals surface area (Å²) in [6, 6.07) is 5.05. The van der Waals surface area contributed by atoms with Crippen LogP contribution >= 0.6 is 11.8 Å². The third-order valence-corrected chi connectivity index (χ3v) is 6.72. The number of nitrogens with one attached hydrogen (secondary N) is 2. The van der Waals surface area contributed by atoms with Gasteiger partial charge in [0.2, 0.25) is 5.91 Å². The van der Waals surface area contributed by atoms with Gasteiger partial charge < -0.3 is 30.0 Å². The Kier molecular flexibility index (Phi) is 7.07. The van der Waals surface area contributed by atoms with E-state index in [-0.39, 0.29) is 18.4 Å². The molecule has 35 heavy (non-hydrogen) atoms. The van der Waals surface area contributed by atoms with Crippen LogP contribution in [0.1, 0.15) is 11.3 Å². The van der Waals surface area contributed by atoms with Crippen molar-refractivity contribution in [2.24, 2.45) is 0 Å². The highest BCUT2D eigenvalue weighted by Gasteiger charge is 2.29. The van der Waals surface area contributed by atoms with Gasteiger partial charge >= 0.3 is 0 Å². The topological polar surface area (TPSA) is 128 Å². The monoisotopic (exact) mass is 501 g/mol. The number of halogens is 1. The first-order valence-electron chi connectivity index (χ1n) is 11.0. The lowest BCUT2D eigenvalue weighted by Gasteiger charge is -2.32. The molecule has 0 spiro atoms. The Morgan fingerprint density at radius 1 is 1.31 bits per heavy atom. The molecule has 4 heterocycles. The van der Waals surface area contributed by atoms with Gasteiger partial charge in [-0.2, -0.15) is 0 Å². The quantitative estimate of drug-likeness (QED) is 0.440. The number of anilines is 1. The Morgan fingerprint density at radius 3 is 2.94 bits per heavy atom. The number of amides is 1. The number of pyridine rings is 1. The fraction of sp³-hybridized carbons (Fsp3) is 0.391. The lowest BCUT2D eigenvalue weighted by atomic mass is 10.0. The molecular formula is C23H24FN5O5S. The maximum absolute atomic E-state index is 14.6. The van der Waals surface area contributed by atoms with Crippen LogP contribution < -0.4 is 15.4 Å². The largest absolute Gasteiger partial charge is 0.497 e. The summed E-state index contributed by atoms with van der Waals surface area (Å²) in [4.78, 5) is 24.4. The number of aliphatic hydroxyl groups excluding tert-OH is 1. The second kappa shape index (κ2) is 10.4. The summed E-state index contributed by atoms with van der Waals surface area (Å²) in [6.07, 6.45) is 0.838. The van der Waals surface area contributed by atoms with Gasteiger partial charge in [0.15, 0.2) is 12.1 Å². The van der Waals surface area contributed by atoms with Crippen LogP contribution in [0.5, 0.6) is 5.75 Å². The summed E-state index contributed by atoms with van der Waals surface area (Å²) < 4.78 is 31.3. The molecule has 184 valence electrons. The van der Waals surface area contributed by atoms with E-state index in [0.29, 0.717) is 64.3 Å². The zero-order valence-corrected chi connectivity index (χ0v) is 19.7. The van der Waals surface area contributed by atoms with E-state index < -0.39 is 18.2 Å². The molecule has 0 saturated carbocycles. The van der Waals surface area contributed by atoms with E-state index in [2.05, 4.69) is 25.6 Å². The number of carbonyl (C=O) groups excluding carboxylic acids is 1. The molecule has 1 aromatic carbocycles. The minimum atomic E-state index is -1.07. The standard InChI is InChI=1S/C23H24FN5O5S/c1-32-14-2-3-18-16(4-14)15(17(24)8-26-18)5-19(30)23-33-9-13(10-34-23)25-6-12-7-27-22-21(28-12)29-20(31)11-35-22/h2-4,7-8,13,19,23,25,30H,5-6,9-11H2,1H3,(H,28,29,31)/t13?,19-,23?/m0/s1. The van der Waals surface area contributed by atoms with Gasteiger partial charge in [-0.05, 0) is 18.2 Å². The van der Waals surface area contributed by atoms with Crippen molar-refractivity contribution in [1.29, 1.82) is 0 Å². The molecule has 3 N–H and O–H groups in total. The number of hydrogen-bond donors (Lipinski definition) is 3. The number of ether oxygens (including phenoxy) is 3. The van der Waals surface area contributed by atoms with Crippen LogP contribution in [-0.4, -0.2) is 70.5 Å². The molecule has 12 heteroatoms. The lowest BCUT2D eigenvalue weighted by Crippen LogP contribution is -2.48. The number of thioether (sulfide) groups is 1. The van der Waals surface area contributed by atoms with Crippen LogP contribution in [0.15, 0.2) is 35.6 Å². The van der Waals surface area contributed by atoms with Gasteiger partial charge in [0.1, 0.15) is 22.7 Å². The van der Waals surface area contributed by atoms with Gasteiger partial charge in [-0.25, -0.2) is 14.4 Å². The second-order valence-electron chi connectivity index (χ2n) is 8.20.